The number of hydrogen-bond donors (Lipinski definition) is 1. The van der Waals surface area contributed by atoms with Crippen LogP contribution in [0.3, 0.4) is 0 Å². The molecule has 0 radical (unpaired) electrons. The summed E-state index contributed by atoms with van der Waals surface area (Å²) in [5, 5.41) is 9.97. The Hall–Kier alpha value is -1.81. The van der Waals surface area contributed by atoms with Crippen molar-refractivity contribution in [2.75, 3.05) is 0 Å². The van der Waals surface area contributed by atoms with Crippen molar-refractivity contribution in [3.63, 3.8) is 0 Å². The van der Waals surface area contributed by atoms with Gasteiger partial charge in [0.05, 0.1) is 5.69 Å². The first-order valence-electron chi connectivity index (χ1n) is 4.64. The molecule has 2 heterocycles. The molecule has 15 heavy (non-hydrogen) atoms. The second-order valence-corrected chi connectivity index (χ2v) is 3.28. The lowest BCUT2D eigenvalue weighted by Crippen LogP contribution is -2.03. The lowest BCUT2D eigenvalue weighted by molar-refractivity contribution is 0.214. The molecule has 0 aromatic carbocycles. The minimum Gasteiger partial charge on any atom is -0.382 e. The number of aliphatic hydroxyl groups is 1. The standard InChI is InChI=1S/C11H11N3O/c1-8-3-2-4-10(14-8)11(15)9-5-12-7-13-6-9/h2-7,11,15H,1H3. The fraction of sp³-hybridized carbons (Fsp3) is 0.182. The van der Waals surface area contributed by atoms with Crippen molar-refractivity contribution >= 4 is 0 Å². The molecule has 4 nitrogen and oxygen atoms in total. The van der Waals surface area contributed by atoms with E-state index in [1.165, 1.54) is 6.33 Å². The number of rotatable bonds is 2. The number of aromatic nitrogens is 3. The first kappa shape index (κ1) is 9.73. The van der Waals surface area contributed by atoms with Crippen LogP contribution in [0.2, 0.25) is 0 Å². The third-order valence-corrected chi connectivity index (χ3v) is 2.09. The van der Waals surface area contributed by atoms with Crippen molar-refractivity contribution in [1.82, 2.24) is 15.0 Å². The van der Waals surface area contributed by atoms with E-state index in [0.29, 0.717) is 11.3 Å². The first-order chi connectivity index (χ1) is 7.27. The summed E-state index contributed by atoms with van der Waals surface area (Å²) < 4.78 is 0. The molecule has 2 rings (SSSR count). The number of aryl methyl sites for hydroxylation is 1. The van der Waals surface area contributed by atoms with E-state index in [1.807, 2.05) is 19.1 Å². The molecule has 1 unspecified atom stereocenters. The van der Waals surface area contributed by atoms with E-state index >= 15 is 0 Å². The van der Waals surface area contributed by atoms with Gasteiger partial charge in [-0.2, -0.15) is 0 Å². The monoisotopic (exact) mass is 201 g/mol. The Morgan fingerprint density at radius 1 is 1.20 bits per heavy atom. The normalized spacial score (nSPS) is 12.4. The number of hydrogen-bond acceptors (Lipinski definition) is 4. The van der Waals surface area contributed by atoms with Crippen molar-refractivity contribution in [1.29, 1.82) is 0 Å². The fourth-order valence-electron chi connectivity index (χ4n) is 1.34. The minimum atomic E-state index is -0.758. The average Bonchev–Trinajstić information content (AvgIpc) is 2.29. The molecular weight excluding hydrogens is 190 g/mol. The van der Waals surface area contributed by atoms with Gasteiger partial charge in [-0.15, -0.1) is 0 Å². The van der Waals surface area contributed by atoms with Crippen LogP contribution in [0.5, 0.6) is 0 Å². The van der Waals surface area contributed by atoms with E-state index in [4.69, 9.17) is 0 Å². The molecule has 2 aromatic rings. The maximum atomic E-state index is 9.97. The summed E-state index contributed by atoms with van der Waals surface area (Å²) in [6.07, 6.45) is 3.84. The van der Waals surface area contributed by atoms with Crippen LogP contribution in [0.4, 0.5) is 0 Å². The van der Waals surface area contributed by atoms with Gasteiger partial charge in [0.25, 0.3) is 0 Å². The van der Waals surface area contributed by atoms with E-state index in [2.05, 4.69) is 15.0 Å². The molecular formula is C11H11N3O. The van der Waals surface area contributed by atoms with Crippen LogP contribution >= 0.6 is 0 Å². The highest BCUT2D eigenvalue weighted by Crippen LogP contribution is 2.18. The topological polar surface area (TPSA) is 58.9 Å². The van der Waals surface area contributed by atoms with E-state index in [0.717, 1.165) is 5.69 Å². The average molecular weight is 201 g/mol. The SMILES string of the molecule is Cc1cccc(C(O)c2cncnc2)n1. The first-order valence-corrected chi connectivity index (χ1v) is 4.64. The zero-order valence-electron chi connectivity index (χ0n) is 8.33. The Morgan fingerprint density at radius 2 is 1.93 bits per heavy atom. The van der Waals surface area contributed by atoms with Gasteiger partial charge in [0, 0.05) is 23.7 Å². The predicted octanol–water partition coefficient (Wildman–Crippen LogP) is 1.26. The molecule has 0 aliphatic carbocycles. The van der Waals surface area contributed by atoms with Crippen LogP contribution in [-0.4, -0.2) is 20.1 Å². The fourth-order valence-corrected chi connectivity index (χ4v) is 1.34. The van der Waals surface area contributed by atoms with Crippen LogP contribution in [0.25, 0.3) is 0 Å². The van der Waals surface area contributed by atoms with Crippen molar-refractivity contribution in [3.8, 4) is 0 Å². The number of pyridine rings is 1. The number of nitrogens with zero attached hydrogens (tertiary/aromatic N) is 3. The third kappa shape index (κ3) is 2.16. The van der Waals surface area contributed by atoms with Gasteiger partial charge in [-0.05, 0) is 19.1 Å². The zero-order chi connectivity index (χ0) is 10.7. The predicted molar refractivity (Wildman–Crippen MR) is 55.1 cm³/mol. The summed E-state index contributed by atoms with van der Waals surface area (Å²) in [6, 6.07) is 5.53. The third-order valence-electron chi connectivity index (χ3n) is 2.09. The molecule has 1 N–H and O–H groups in total. The molecule has 76 valence electrons. The lowest BCUT2D eigenvalue weighted by Gasteiger charge is -2.09. The van der Waals surface area contributed by atoms with Crippen LogP contribution in [0, 0.1) is 6.92 Å². The van der Waals surface area contributed by atoms with Crippen LogP contribution in [0.15, 0.2) is 36.9 Å². The van der Waals surface area contributed by atoms with Crippen molar-refractivity contribution in [3.05, 3.63) is 53.9 Å². The van der Waals surface area contributed by atoms with Gasteiger partial charge >= 0.3 is 0 Å². The molecule has 0 fully saturated rings. The minimum absolute atomic E-state index is 0.616. The molecule has 0 saturated carbocycles. The summed E-state index contributed by atoms with van der Waals surface area (Å²) in [6.45, 7) is 1.89. The maximum Gasteiger partial charge on any atom is 0.124 e. The van der Waals surface area contributed by atoms with Gasteiger partial charge in [-0.1, -0.05) is 6.07 Å². The highest BCUT2D eigenvalue weighted by atomic mass is 16.3. The Balaban J connectivity index is 2.32. The summed E-state index contributed by atoms with van der Waals surface area (Å²) in [5.41, 5.74) is 2.14. The van der Waals surface area contributed by atoms with Gasteiger partial charge in [0.15, 0.2) is 0 Å². The quantitative estimate of drug-likeness (QED) is 0.794. The van der Waals surface area contributed by atoms with Crippen LogP contribution in [-0.2, 0) is 0 Å². The largest absolute Gasteiger partial charge is 0.382 e. The molecule has 0 aliphatic heterocycles. The Labute approximate surface area is 87.7 Å². The summed E-state index contributed by atoms with van der Waals surface area (Å²) in [4.78, 5) is 12.0. The Kier molecular flexibility index (Phi) is 2.69. The van der Waals surface area contributed by atoms with E-state index in [9.17, 15) is 5.11 Å². The highest BCUT2D eigenvalue weighted by molar-refractivity contribution is 5.21. The summed E-state index contributed by atoms with van der Waals surface area (Å²) in [7, 11) is 0. The smallest absolute Gasteiger partial charge is 0.124 e. The molecule has 1 atom stereocenters. The molecule has 0 saturated heterocycles. The van der Waals surface area contributed by atoms with Gasteiger partial charge in [-0.25, -0.2) is 9.97 Å². The number of aliphatic hydroxyl groups excluding tert-OH is 1. The van der Waals surface area contributed by atoms with Gasteiger partial charge < -0.3 is 5.11 Å². The van der Waals surface area contributed by atoms with Crippen molar-refractivity contribution in [2.24, 2.45) is 0 Å². The zero-order valence-corrected chi connectivity index (χ0v) is 8.33. The second kappa shape index (κ2) is 4.14. The maximum absolute atomic E-state index is 9.97. The summed E-state index contributed by atoms with van der Waals surface area (Å²) >= 11 is 0. The molecule has 0 spiro atoms. The van der Waals surface area contributed by atoms with Gasteiger partial charge in [-0.3, -0.25) is 4.98 Å². The van der Waals surface area contributed by atoms with E-state index in [-0.39, 0.29) is 0 Å². The Bertz CT molecular complexity index is 445. The van der Waals surface area contributed by atoms with Crippen molar-refractivity contribution in [2.45, 2.75) is 13.0 Å². The highest BCUT2D eigenvalue weighted by Gasteiger charge is 2.11. The summed E-state index contributed by atoms with van der Waals surface area (Å²) in [5.74, 6) is 0. The van der Waals surface area contributed by atoms with Crippen LogP contribution in [0.1, 0.15) is 23.1 Å². The van der Waals surface area contributed by atoms with Gasteiger partial charge in [0.1, 0.15) is 12.4 Å². The molecule has 0 bridgehead atoms. The van der Waals surface area contributed by atoms with Crippen molar-refractivity contribution < 1.29 is 5.11 Å². The Morgan fingerprint density at radius 3 is 2.60 bits per heavy atom. The molecule has 4 heteroatoms. The van der Waals surface area contributed by atoms with Gasteiger partial charge in [0.2, 0.25) is 0 Å². The second-order valence-electron chi connectivity index (χ2n) is 3.28. The van der Waals surface area contributed by atoms with E-state index < -0.39 is 6.10 Å². The molecule has 0 aliphatic rings. The van der Waals surface area contributed by atoms with Crippen LogP contribution < -0.4 is 0 Å². The lowest BCUT2D eigenvalue weighted by atomic mass is 10.1. The molecule has 2 aromatic heterocycles. The molecule has 0 amide bonds. The van der Waals surface area contributed by atoms with E-state index in [1.54, 1.807) is 18.5 Å².